The Balaban J connectivity index is 1.45. The summed E-state index contributed by atoms with van der Waals surface area (Å²) >= 11 is 6.86. The fourth-order valence-electron chi connectivity index (χ4n) is 4.25. The largest absolute Gasteiger partial charge is 0.418 e. The predicted octanol–water partition coefficient (Wildman–Crippen LogP) is 9.01. The van der Waals surface area contributed by atoms with Gasteiger partial charge in [0.25, 0.3) is 11.8 Å². The van der Waals surface area contributed by atoms with Crippen molar-refractivity contribution in [3.63, 3.8) is 0 Å². The molecule has 0 spiro atoms. The van der Waals surface area contributed by atoms with Gasteiger partial charge in [-0.1, -0.05) is 67.9 Å². The van der Waals surface area contributed by atoms with Gasteiger partial charge in [-0.3, -0.25) is 14.4 Å². The van der Waals surface area contributed by atoms with Crippen LogP contribution in [0.3, 0.4) is 0 Å². The van der Waals surface area contributed by atoms with E-state index in [9.17, 15) is 27.6 Å². The summed E-state index contributed by atoms with van der Waals surface area (Å²) in [4.78, 5) is 39.7. The number of thioether (sulfide) groups is 1. The third-order valence-corrected chi connectivity index (χ3v) is 8.13. The van der Waals surface area contributed by atoms with Crippen LogP contribution >= 0.6 is 23.4 Å². The van der Waals surface area contributed by atoms with Gasteiger partial charge in [0.2, 0.25) is 5.91 Å². The van der Waals surface area contributed by atoms with E-state index in [0.717, 1.165) is 35.0 Å². The smallest absolute Gasteiger partial charge is 0.325 e. The van der Waals surface area contributed by atoms with Crippen molar-refractivity contribution in [3.8, 4) is 0 Å². The molecule has 0 aromatic heterocycles. The summed E-state index contributed by atoms with van der Waals surface area (Å²) in [6.07, 6.45) is -3.10. The summed E-state index contributed by atoms with van der Waals surface area (Å²) in [6, 6.07) is 25.9. The number of benzene rings is 4. The van der Waals surface area contributed by atoms with E-state index in [1.54, 1.807) is 67.6 Å². The molecular weight excluding hydrogens is 635 g/mol. The average Bonchev–Trinajstić information content (AvgIpc) is 3.02. The van der Waals surface area contributed by atoms with Crippen molar-refractivity contribution in [2.24, 2.45) is 0 Å². The van der Waals surface area contributed by atoms with Crippen molar-refractivity contribution in [1.82, 2.24) is 5.32 Å². The lowest BCUT2D eigenvalue weighted by molar-refractivity contribution is -0.137. The fourth-order valence-corrected chi connectivity index (χ4v) is 5.29. The Kier molecular flexibility index (Phi) is 11.3. The number of halogens is 4. The summed E-state index contributed by atoms with van der Waals surface area (Å²) < 4.78 is 40.3. The maximum Gasteiger partial charge on any atom is 0.418 e. The lowest BCUT2D eigenvalue weighted by Gasteiger charge is -2.17. The number of carbonyl (C=O) groups is 3. The molecule has 3 N–H and O–H groups in total. The second kappa shape index (κ2) is 15.2. The number of nitrogens with one attached hydrogen (secondary N) is 3. The summed E-state index contributed by atoms with van der Waals surface area (Å²) in [7, 11) is 0. The molecule has 238 valence electrons. The van der Waals surface area contributed by atoms with Crippen LogP contribution in [-0.2, 0) is 15.8 Å². The monoisotopic (exact) mass is 665 g/mol. The van der Waals surface area contributed by atoms with Crippen molar-refractivity contribution in [3.05, 3.63) is 130 Å². The van der Waals surface area contributed by atoms with Crippen LogP contribution in [0.2, 0.25) is 5.02 Å². The van der Waals surface area contributed by atoms with Gasteiger partial charge in [-0.05, 0) is 84.6 Å². The van der Waals surface area contributed by atoms with Gasteiger partial charge in [0.1, 0.15) is 5.70 Å². The van der Waals surface area contributed by atoms with Crippen molar-refractivity contribution in [2.45, 2.75) is 43.0 Å². The molecule has 0 fully saturated rings. The van der Waals surface area contributed by atoms with E-state index in [4.69, 9.17) is 11.6 Å². The summed E-state index contributed by atoms with van der Waals surface area (Å²) in [6.45, 7) is 5.73. The summed E-state index contributed by atoms with van der Waals surface area (Å²) in [5.41, 5.74) is 1.30. The third kappa shape index (κ3) is 9.48. The van der Waals surface area contributed by atoms with E-state index >= 15 is 0 Å². The SMILES string of the molecule is CC(Sc1ccc(NC(=O)/C(=C/c2ccc(C(C)C)cc2)NC(=O)c2ccccc2)cc1)C(=O)Nc1ccc(Cl)cc1C(F)(F)F. The van der Waals surface area contributed by atoms with Gasteiger partial charge in [-0.2, -0.15) is 13.2 Å². The summed E-state index contributed by atoms with van der Waals surface area (Å²) in [5, 5.41) is 6.98. The number of carbonyl (C=O) groups excluding carboxylic acids is 3. The van der Waals surface area contributed by atoms with Crippen LogP contribution in [0, 0.1) is 0 Å². The highest BCUT2D eigenvalue weighted by molar-refractivity contribution is 8.00. The number of amides is 3. The van der Waals surface area contributed by atoms with Crippen molar-refractivity contribution < 1.29 is 27.6 Å². The highest BCUT2D eigenvalue weighted by Gasteiger charge is 2.34. The van der Waals surface area contributed by atoms with Crippen LogP contribution in [0.15, 0.2) is 108 Å². The van der Waals surface area contributed by atoms with Gasteiger partial charge in [0.05, 0.1) is 16.5 Å². The first-order chi connectivity index (χ1) is 21.8. The maximum atomic E-state index is 13.4. The second-order valence-corrected chi connectivity index (χ2v) is 12.5. The molecule has 3 amide bonds. The molecule has 4 aromatic carbocycles. The van der Waals surface area contributed by atoms with E-state index in [1.165, 1.54) is 6.07 Å². The molecule has 11 heteroatoms. The standard InChI is InChI=1S/C35H31ClF3N3O3S/c1-21(2)24-11-9-23(10-12-24)19-31(42-33(44)25-7-5-4-6-8-25)34(45)40-27-14-16-28(17-15-27)46-22(3)32(43)41-30-18-13-26(36)20-29(30)35(37,38)39/h4-22H,1-3H3,(H,40,45)(H,41,43)(H,42,44)/b31-19-. The minimum Gasteiger partial charge on any atom is -0.325 e. The average molecular weight is 666 g/mol. The quantitative estimate of drug-likeness (QED) is 0.117. The number of hydrogen-bond acceptors (Lipinski definition) is 4. The Morgan fingerprint density at radius 1 is 0.826 bits per heavy atom. The molecule has 1 atom stereocenters. The van der Waals surface area contributed by atoms with Gasteiger partial charge < -0.3 is 16.0 Å². The number of anilines is 2. The minimum atomic E-state index is -4.69. The van der Waals surface area contributed by atoms with Crippen LogP contribution < -0.4 is 16.0 Å². The second-order valence-electron chi connectivity index (χ2n) is 10.6. The molecule has 4 aromatic rings. The number of alkyl halides is 3. The molecule has 0 radical (unpaired) electrons. The number of rotatable bonds is 10. The number of hydrogen-bond donors (Lipinski definition) is 3. The minimum absolute atomic E-state index is 0.0373. The first kappa shape index (κ1) is 34.3. The molecule has 0 aliphatic carbocycles. The lowest BCUT2D eigenvalue weighted by Crippen LogP contribution is -2.30. The first-order valence-corrected chi connectivity index (χ1v) is 15.5. The topological polar surface area (TPSA) is 87.3 Å². The molecule has 4 rings (SSSR count). The maximum absolute atomic E-state index is 13.4. The molecule has 0 saturated heterocycles. The molecule has 0 aliphatic rings. The Morgan fingerprint density at radius 3 is 2.09 bits per heavy atom. The van der Waals surface area contributed by atoms with Crippen molar-refractivity contribution in [1.29, 1.82) is 0 Å². The van der Waals surface area contributed by atoms with Gasteiger partial charge in [0.15, 0.2) is 0 Å². The van der Waals surface area contributed by atoms with E-state index in [0.29, 0.717) is 22.1 Å². The van der Waals surface area contributed by atoms with Crippen molar-refractivity contribution >= 4 is 58.5 Å². The Bertz CT molecular complexity index is 1730. The van der Waals surface area contributed by atoms with Crippen LogP contribution in [0.5, 0.6) is 0 Å². The fraction of sp³-hybridized carbons (Fsp3) is 0.171. The zero-order valence-corrected chi connectivity index (χ0v) is 26.7. The van der Waals surface area contributed by atoms with Crippen LogP contribution in [-0.4, -0.2) is 23.0 Å². The van der Waals surface area contributed by atoms with Crippen molar-refractivity contribution in [2.75, 3.05) is 10.6 Å². The lowest BCUT2D eigenvalue weighted by atomic mass is 10.0. The molecule has 1 unspecified atom stereocenters. The molecule has 0 heterocycles. The van der Waals surface area contributed by atoms with Gasteiger partial charge >= 0.3 is 6.18 Å². The van der Waals surface area contributed by atoms with E-state index in [-0.39, 0.29) is 16.4 Å². The Morgan fingerprint density at radius 2 is 1.48 bits per heavy atom. The zero-order valence-electron chi connectivity index (χ0n) is 25.1. The predicted molar refractivity (Wildman–Crippen MR) is 178 cm³/mol. The van der Waals surface area contributed by atoms with Gasteiger partial charge in [0, 0.05) is 21.2 Å². The third-order valence-electron chi connectivity index (χ3n) is 6.78. The Labute approximate surface area is 274 Å². The molecule has 6 nitrogen and oxygen atoms in total. The molecule has 0 bridgehead atoms. The zero-order chi connectivity index (χ0) is 33.4. The highest BCUT2D eigenvalue weighted by Crippen LogP contribution is 2.37. The normalized spacial score (nSPS) is 12.4. The first-order valence-electron chi connectivity index (χ1n) is 14.2. The van der Waals surface area contributed by atoms with Crippen LogP contribution in [0.25, 0.3) is 6.08 Å². The van der Waals surface area contributed by atoms with Gasteiger partial charge in [-0.15, -0.1) is 11.8 Å². The Hall–Kier alpha value is -4.54. The molecule has 0 aliphatic heterocycles. The van der Waals surface area contributed by atoms with E-state index in [1.807, 2.05) is 24.3 Å². The van der Waals surface area contributed by atoms with Crippen LogP contribution in [0.4, 0.5) is 24.5 Å². The van der Waals surface area contributed by atoms with Gasteiger partial charge in [-0.25, -0.2) is 0 Å². The molecular formula is C35H31ClF3N3O3S. The molecule has 46 heavy (non-hydrogen) atoms. The van der Waals surface area contributed by atoms with E-state index in [2.05, 4.69) is 29.8 Å². The highest BCUT2D eigenvalue weighted by atomic mass is 35.5. The molecule has 0 saturated carbocycles. The van der Waals surface area contributed by atoms with E-state index < -0.39 is 34.7 Å². The van der Waals surface area contributed by atoms with Crippen LogP contribution in [0.1, 0.15) is 53.7 Å². The summed E-state index contributed by atoms with van der Waals surface area (Å²) in [5.74, 6) is -1.28.